The summed E-state index contributed by atoms with van der Waals surface area (Å²) >= 11 is 0. The molecule has 0 aliphatic heterocycles. The van der Waals surface area contributed by atoms with Gasteiger partial charge in [0.05, 0.1) is 16.7 Å². The monoisotopic (exact) mass is 238 g/mol. The van der Waals surface area contributed by atoms with Crippen molar-refractivity contribution in [2.75, 3.05) is 11.5 Å². The molecule has 2 N–H and O–H groups in total. The molecule has 0 aliphatic rings. The van der Waals surface area contributed by atoms with Crippen LogP contribution in [0.1, 0.15) is 18.4 Å². The summed E-state index contributed by atoms with van der Waals surface area (Å²) in [7, 11) is -3.32. The van der Waals surface area contributed by atoms with Gasteiger partial charge in [-0.3, -0.25) is 0 Å². The first kappa shape index (κ1) is 12.5. The van der Waals surface area contributed by atoms with Crippen LogP contribution in [0.5, 0.6) is 0 Å². The van der Waals surface area contributed by atoms with Crippen molar-refractivity contribution in [3.05, 3.63) is 23.8 Å². The Labute approximate surface area is 95.6 Å². The van der Waals surface area contributed by atoms with Crippen LogP contribution in [0.15, 0.2) is 23.1 Å². The normalized spacial score (nSPS) is 11.0. The van der Waals surface area contributed by atoms with Gasteiger partial charge in [-0.15, -0.1) is 0 Å². The van der Waals surface area contributed by atoms with Crippen molar-refractivity contribution in [1.29, 1.82) is 5.26 Å². The van der Waals surface area contributed by atoms with Gasteiger partial charge < -0.3 is 5.73 Å². The molecule has 0 heterocycles. The molecular weight excluding hydrogens is 224 g/mol. The minimum Gasteiger partial charge on any atom is -0.398 e. The lowest BCUT2D eigenvalue weighted by atomic mass is 10.2. The number of benzene rings is 1. The molecule has 0 saturated heterocycles. The first-order chi connectivity index (χ1) is 7.49. The van der Waals surface area contributed by atoms with Gasteiger partial charge in [-0.05, 0) is 31.0 Å². The number of nitrogens with zero attached hydrogens (tertiary/aromatic N) is 1. The summed E-state index contributed by atoms with van der Waals surface area (Å²) in [6.07, 6.45) is 0.605. The van der Waals surface area contributed by atoms with E-state index in [1.54, 1.807) is 25.1 Å². The molecule has 0 fully saturated rings. The zero-order chi connectivity index (χ0) is 12.2. The van der Waals surface area contributed by atoms with Crippen LogP contribution < -0.4 is 5.73 Å². The lowest BCUT2D eigenvalue weighted by Crippen LogP contribution is -2.09. The average molecular weight is 238 g/mol. The average Bonchev–Trinajstić information content (AvgIpc) is 2.22. The Morgan fingerprint density at radius 1 is 1.44 bits per heavy atom. The Bertz CT molecular complexity index is 515. The summed E-state index contributed by atoms with van der Waals surface area (Å²) in [5.74, 6) is -0.00907. The second-order valence-corrected chi connectivity index (χ2v) is 5.63. The van der Waals surface area contributed by atoms with E-state index in [1.807, 2.05) is 6.07 Å². The number of nitriles is 1. The van der Waals surface area contributed by atoms with Crippen molar-refractivity contribution in [3.8, 4) is 6.07 Å². The van der Waals surface area contributed by atoms with Gasteiger partial charge in [0.25, 0.3) is 0 Å². The molecule has 0 saturated carbocycles. The number of nitrogens with two attached hydrogens (primary N) is 1. The molecule has 0 bridgehead atoms. The summed E-state index contributed by atoms with van der Waals surface area (Å²) in [6.45, 7) is 1.69. The number of unbranched alkanes of at least 4 members (excludes halogenated alkanes) is 1. The van der Waals surface area contributed by atoms with Gasteiger partial charge in [-0.1, -0.05) is 6.07 Å². The maximum atomic E-state index is 11.9. The van der Waals surface area contributed by atoms with Crippen LogP contribution in [0.25, 0.3) is 0 Å². The first-order valence-corrected chi connectivity index (χ1v) is 6.59. The summed E-state index contributed by atoms with van der Waals surface area (Å²) in [5.41, 5.74) is 6.71. The third-order valence-corrected chi connectivity index (χ3v) is 4.30. The van der Waals surface area contributed by atoms with E-state index in [4.69, 9.17) is 11.0 Å². The quantitative estimate of drug-likeness (QED) is 0.638. The van der Waals surface area contributed by atoms with Crippen molar-refractivity contribution in [2.45, 2.75) is 24.7 Å². The highest BCUT2D eigenvalue weighted by Gasteiger charge is 2.17. The van der Waals surface area contributed by atoms with E-state index in [1.165, 1.54) is 0 Å². The third-order valence-electron chi connectivity index (χ3n) is 2.36. The van der Waals surface area contributed by atoms with Crippen LogP contribution in [0.3, 0.4) is 0 Å². The van der Waals surface area contributed by atoms with E-state index in [0.29, 0.717) is 17.7 Å². The van der Waals surface area contributed by atoms with E-state index in [9.17, 15) is 8.42 Å². The summed E-state index contributed by atoms with van der Waals surface area (Å²) in [6, 6.07) is 6.77. The van der Waals surface area contributed by atoms with Gasteiger partial charge in [0.15, 0.2) is 9.84 Å². The molecule has 0 amide bonds. The largest absolute Gasteiger partial charge is 0.398 e. The SMILES string of the molecule is Cc1c(N)cccc1S(=O)(=O)CCCC#N. The smallest absolute Gasteiger partial charge is 0.178 e. The number of sulfone groups is 1. The van der Waals surface area contributed by atoms with Gasteiger partial charge in [-0.25, -0.2) is 8.42 Å². The molecule has 0 spiro atoms. The molecule has 0 aliphatic carbocycles. The minimum absolute atomic E-state index is 0.00907. The molecule has 5 heteroatoms. The minimum atomic E-state index is -3.32. The van der Waals surface area contributed by atoms with E-state index < -0.39 is 9.84 Å². The zero-order valence-corrected chi connectivity index (χ0v) is 9.92. The fourth-order valence-electron chi connectivity index (χ4n) is 1.42. The van der Waals surface area contributed by atoms with Crippen molar-refractivity contribution in [2.24, 2.45) is 0 Å². The Morgan fingerprint density at radius 2 is 2.12 bits per heavy atom. The van der Waals surface area contributed by atoms with Crippen LogP contribution >= 0.6 is 0 Å². The van der Waals surface area contributed by atoms with Crippen LogP contribution in [-0.4, -0.2) is 14.2 Å². The van der Waals surface area contributed by atoms with Crippen LogP contribution in [0.2, 0.25) is 0 Å². The Balaban J connectivity index is 3.00. The second kappa shape index (κ2) is 4.99. The molecule has 86 valence electrons. The molecule has 1 aromatic rings. The topological polar surface area (TPSA) is 84.0 Å². The molecule has 16 heavy (non-hydrogen) atoms. The molecule has 0 atom stereocenters. The van der Waals surface area contributed by atoms with Crippen LogP contribution in [0.4, 0.5) is 5.69 Å². The lowest BCUT2D eigenvalue weighted by Gasteiger charge is -2.08. The Kier molecular flexibility index (Phi) is 3.91. The highest BCUT2D eigenvalue weighted by molar-refractivity contribution is 7.91. The van der Waals surface area contributed by atoms with Crippen LogP contribution in [0, 0.1) is 18.3 Å². The van der Waals surface area contributed by atoms with Crippen LogP contribution in [-0.2, 0) is 9.84 Å². The second-order valence-electron chi connectivity index (χ2n) is 3.55. The zero-order valence-electron chi connectivity index (χ0n) is 9.10. The molecule has 1 rings (SSSR count). The van der Waals surface area contributed by atoms with Crippen molar-refractivity contribution >= 4 is 15.5 Å². The van der Waals surface area contributed by atoms with Crippen molar-refractivity contribution in [1.82, 2.24) is 0 Å². The maximum Gasteiger partial charge on any atom is 0.178 e. The highest BCUT2D eigenvalue weighted by Crippen LogP contribution is 2.22. The Hall–Kier alpha value is -1.54. The number of anilines is 1. The number of hydrogen-bond donors (Lipinski definition) is 1. The predicted molar refractivity (Wildman–Crippen MR) is 62.5 cm³/mol. The van der Waals surface area contributed by atoms with E-state index in [-0.39, 0.29) is 17.1 Å². The summed E-state index contributed by atoms with van der Waals surface area (Å²) < 4.78 is 23.8. The van der Waals surface area contributed by atoms with E-state index in [0.717, 1.165) is 0 Å². The van der Waals surface area contributed by atoms with Gasteiger partial charge in [0, 0.05) is 12.1 Å². The number of rotatable bonds is 4. The van der Waals surface area contributed by atoms with Gasteiger partial charge in [0.1, 0.15) is 0 Å². The molecular formula is C11H14N2O2S. The molecule has 0 unspecified atom stereocenters. The van der Waals surface area contributed by atoms with Gasteiger partial charge in [0.2, 0.25) is 0 Å². The summed E-state index contributed by atoms with van der Waals surface area (Å²) in [4.78, 5) is 0.269. The maximum absolute atomic E-state index is 11.9. The highest BCUT2D eigenvalue weighted by atomic mass is 32.2. The van der Waals surface area contributed by atoms with Crippen molar-refractivity contribution in [3.63, 3.8) is 0 Å². The molecule has 0 radical (unpaired) electrons. The summed E-state index contributed by atoms with van der Waals surface area (Å²) in [5, 5.41) is 8.37. The standard InChI is InChI=1S/C11H14N2O2S/c1-9-10(13)5-4-6-11(9)16(14,15)8-3-2-7-12/h4-6H,2-3,8,13H2,1H3. The fourth-order valence-corrected chi connectivity index (χ4v) is 3.03. The predicted octanol–water partition coefficient (Wildman–Crippen LogP) is 1.65. The third kappa shape index (κ3) is 2.74. The molecule has 4 nitrogen and oxygen atoms in total. The lowest BCUT2D eigenvalue weighted by molar-refractivity contribution is 0.593. The number of hydrogen-bond acceptors (Lipinski definition) is 4. The molecule has 1 aromatic carbocycles. The molecule has 0 aromatic heterocycles. The fraction of sp³-hybridized carbons (Fsp3) is 0.364. The van der Waals surface area contributed by atoms with Gasteiger partial charge >= 0.3 is 0 Å². The van der Waals surface area contributed by atoms with E-state index >= 15 is 0 Å². The van der Waals surface area contributed by atoms with Crippen molar-refractivity contribution < 1.29 is 8.42 Å². The van der Waals surface area contributed by atoms with E-state index in [2.05, 4.69) is 0 Å². The first-order valence-electron chi connectivity index (χ1n) is 4.94. The van der Waals surface area contributed by atoms with Gasteiger partial charge in [-0.2, -0.15) is 5.26 Å². The number of nitrogen functional groups attached to an aromatic ring is 1. The Morgan fingerprint density at radius 3 is 2.75 bits per heavy atom.